The summed E-state index contributed by atoms with van der Waals surface area (Å²) in [6.07, 6.45) is 2.81. The Bertz CT molecular complexity index is 862. The van der Waals surface area contributed by atoms with Crippen LogP contribution >= 0.6 is 0 Å². The Kier molecular flexibility index (Phi) is 4.30. The summed E-state index contributed by atoms with van der Waals surface area (Å²) in [4.78, 5) is 36.2. The molecule has 3 rings (SSSR count). The smallest absolute Gasteiger partial charge is 0.295 e. The van der Waals surface area contributed by atoms with Crippen LogP contribution in [0.3, 0.4) is 0 Å². The van der Waals surface area contributed by atoms with E-state index < -0.39 is 11.9 Å². The van der Waals surface area contributed by atoms with Crippen LogP contribution in [0, 0.1) is 0 Å². The van der Waals surface area contributed by atoms with Gasteiger partial charge >= 0.3 is 5.69 Å². The van der Waals surface area contributed by atoms with E-state index in [1.165, 1.54) is 10.1 Å². The number of carbonyl (C=O) groups excluding carboxylic acids is 2. The molecule has 6 nitrogen and oxygen atoms in total. The fourth-order valence-corrected chi connectivity index (χ4v) is 3.52. The van der Waals surface area contributed by atoms with Gasteiger partial charge in [0, 0.05) is 13.5 Å². The maximum atomic E-state index is 12.7. The number of piperidine rings is 1. The molecule has 1 fully saturated rings. The van der Waals surface area contributed by atoms with E-state index in [1.807, 2.05) is 18.2 Å². The Balaban J connectivity index is 2.10. The first-order valence-electron chi connectivity index (χ1n) is 8.48. The van der Waals surface area contributed by atoms with Crippen molar-refractivity contribution >= 4 is 22.8 Å². The second-order valence-electron chi connectivity index (χ2n) is 6.62. The second-order valence-corrected chi connectivity index (χ2v) is 6.62. The third kappa shape index (κ3) is 2.66. The lowest BCUT2D eigenvalue weighted by atomic mass is 9.96. The summed E-state index contributed by atoms with van der Waals surface area (Å²) in [6, 6.07) is 5.36. The number of nitrogens with one attached hydrogen (secondary N) is 1. The largest absolute Gasteiger partial charge is 0.329 e. The van der Waals surface area contributed by atoms with Crippen LogP contribution in [0.1, 0.15) is 57.1 Å². The monoisotopic (exact) mass is 329 g/mol. The van der Waals surface area contributed by atoms with Gasteiger partial charge in [0.15, 0.2) is 0 Å². The van der Waals surface area contributed by atoms with Gasteiger partial charge in [0.1, 0.15) is 6.04 Å². The van der Waals surface area contributed by atoms with Crippen LogP contribution in [0.4, 0.5) is 0 Å². The molecule has 2 amide bonds. The molecular formula is C18H23N3O3. The molecule has 1 aliphatic rings. The maximum absolute atomic E-state index is 12.7. The molecule has 24 heavy (non-hydrogen) atoms. The van der Waals surface area contributed by atoms with Gasteiger partial charge in [0.2, 0.25) is 11.8 Å². The third-order valence-electron chi connectivity index (χ3n) is 4.93. The molecular weight excluding hydrogens is 306 g/mol. The molecule has 2 heterocycles. The molecule has 2 unspecified atom stereocenters. The van der Waals surface area contributed by atoms with Gasteiger partial charge < -0.3 is 0 Å². The van der Waals surface area contributed by atoms with Crippen LogP contribution in [0.5, 0.6) is 0 Å². The van der Waals surface area contributed by atoms with Crippen molar-refractivity contribution in [2.24, 2.45) is 7.05 Å². The summed E-state index contributed by atoms with van der Waals surface area (Å²) >= 11 is 0. The molecule has 1 aromatic carbocycles. The molecule has 1 aromatic heterocycles. The number of rotatable bonds is 4. The molecule has 1 aliphatic heterocycles. The molecule has 128 valence electrons. The average molecular weight is 329 g/mol. The van der Waals surface area contributed by atoms with Gasteiger partial charge in [-0.1, -0.05) is 26.3 Å². The first-order chi connectivity index (χ1) is 11.4. The van der Waals surface area contributed by atoms with Crippen LogP contribution in [0.25, 0.3) is 11.0 Å². The summed E-state index contributed by atoms with van der Waals surface area (Å²) in [7, 11) is 1.72. The highest BCUT2D eigenvalue weighted by molar-refractivity contribution is 6.00. The third-order valence-corrected chi connectivity index (χ3v) is 4.93. The first kappa shape index (κ1) is 16.5. The first-order valence-corrected chi connectivity index (χ1v) is 8.48. The number of imide groups is 1. The summed E-state index contributed by atoms with van der Waals surface area (Å²) in [5, 5.41) is 2.33. The van der Waals surface area contributed by atoms with Gasteiger partial charge in [-0.3, -0.25) is 24.0 Å². The number of aromatic nitrogens is 2. The van der Waals surface area contributed by atoms with Crippen molar-refractivity contribution in [3.63, 3.8) is 0 Å². The lowest BCUT2D eigenvalue weighted by Crippen LogP contribution is -2.44. The molecule has 0 aliphatic carbocycles. The Hall–Kier alpha value is -2.37. The molecule has 2 aromatic rings. The van der Waals surface area contributed by atoms with Crippen molar-refractivity contribution < 1.29 is 9.59 Å². The summed E-state index contributed by atoms with van der Waals surface area (Å²) in [6.45, 7) is 4.34. The summed E-state index contributed by atoms with van der Waals surface area (Å²) in [5.41, 5.74) is 2.54. The highest BCUT2D eigenvalue weighted by Gasteiger charge is 2.31. The molecule has 1 saturated heterocycles. The SMILES string of the molecule is CCCC(C)c1ccc2c(c1)n(C)c(=O)n2C1CCC(=O)NC1=O. The highest BCUT2D eigenvalue weighted by atomic mass is 16.2. The predicted molar refractivity (Wildman–Crippen MR) is 91.9 cm³/mol. The van der Waals surface area contributed by atoms with E-state index in [4.69, 9.17) is 0 Å². The van der Waals surface area contributed by atoms with E-state index >= 15 is 0 Å². The zero-order chi connectivity index (χ0) is 17.4. The van der Waals surface area contributed by atoms with Gasteiger partial charge in [-0.25, -0.2) is 4.79 Å². The van der Waals surface area contributed by atoms with Crippen LogP contribution in [0.15, 0.2) is 23.0 Å². The van der Waals surface area contributed by atoms with Crippen molar-refractivity contribution in [1.82, 2.24) is 14.5 Å². The minimum Gasteiger partial charge on any atom is -0.295 e. The minimum absolute atomic E-state index is 0.222. The van der Waals surface area contributed by atoms with E-state index in [1.54, 1.807) is 11.6 Å². The maximum Gasteiger partial charge on any atom is 0.329 e. The number of amides is 2. The highest BCUT2D eigenvalue weighted by Crippen LogP contribution is 2.27. The molecule has 6 heteroatoms. The molecule has 0 radical (unpaired) electrons. The number of aryl methyl sites for hydroxylation is 1. The standard InChI is InChI=1S/C18H23N3O3/c1-4-5-11(2)12-6-7-13-15(10-12)20(3)18(24)21(13)14-8-9-16(22)19-17(14)23/h6-7,10-11,14H,4-5,8-9H2,1-3H3,(H,19,22,23). The number of carbonyl (C=O) groups is 2. The van der Waals surface area contributed by atoms with Crippen LogP contribution < -0.4 is 11.0 Å². The Morgan fingerprint density at radius 3 is 2.67 bits per heavy atom. The van der Waals surface area contributed by atoms with E-state index in [0.29, 0.717) is 12.3 Å². The zero-order valence-corrected chi connectivity index (χ0v) is 14.3. The van der Waals surface area contributed by atoms with Crippen molar-refractivity contribution in [3.05, 3.63) is 34.2 Å². The van der Waals surface area contributed by atoms with E-state index in [9.17, 15) is 14.4 Å². The summed E-state index contributed by atoms with van der Waals surface area (Å²) in [5.74, 6) is -0.252. The predicted octanol–water partition coefficient (Wildman–Crippen LogP) is 2.22. The van der Waals surface area contributed by atoms with Crippen molar-refractivity contribution in [2.45, 2.75) is 51.5 Å². The summed E-state index contributed by atoms with van der Waals surface area (Å²) < 4.78 is 3.10. The zero-order valence-electron chi connectivity index (χ0n) is 14.3. The van der Waals surface area contributed by atoms with E-state index in [2.05, 4.69) is 19.2 Å². The topological polar surface area (TPSA) is 73.1 Å². The molecule has 1 N–H and O–H groups in total. The average Bonchev–Trinajstić information content (AvgIpc) is 2.79. The van der Waals surface area contributed by atoms with Crippen LogP contribution in [0.2, 0.25) is 0 Å². The Labute approximate surface area is 140 Å². The number of hydrogen-bond acceptors (Lipinski definition) is 3. The quantitative estimate of drug-likeness (QED) is 0.874. The van der Waals surface area contributed by atoms with Crippen molar-refractivity contribution in [2.75, 3.05) is 0 Å². The van der Waals surface area contributed by atoms with Crippen LogP contribution in [-0.2, 0) is 16.6 Å². The number of benzene rings is 1. The van der Waals surface area contributed by atoms with Gasteiger partial charge in [-0.05, 0) is 36.5 Å². The van der Waals surface area contributed by atoms with Gasteiger partial charge in [0.25, 0.3) is 0 Å². The number of imidazole rings is 1. The molecule has 0 saturated carbocycles. The lowest BCUT2D eigenvalue weighted by Gasteiger charge is -2.22. The lowest BCUT2D eigenvalue weighted by molar-refractivity contribution is -0.135. The van der Waals surface area contributed by atoms with E-state index in [-0.39, 0.29) is 18.0 Å². The second kappa shape index (κ2) is 6.26. The molecule has 0 bridgehead atoms. The number of nitrogens with zero attached hydrogens (tertiary/aromatic N) is 2. The fourth-order valence-electron chi connectivity index (χ4n) is 3.52. The van der Waals surface area contributed by atoms with Crippen LogP contribution in [-0.4, -0.2) is 20.9 Å². The normalized spacial score (nSPS) is 19.5. The molecule has 0 spiro atoms. The fraction of sp³-hybridized carbons (Fsp3) is 0.500. The Morgan fingerprint density at radius 2 is 2.00 bits per heavy atom. The van der Waals surface area contributed by atoms with Crippen molar-refractivity contribution in [1.29, 1.82) is 0 Å². The number of hydrogen-bond donors (Lipinski definition) is 1. The van der Waals surface area contributed by atoms with Gasteiger partial charge in [-0.15, -0.1) is 0 Å². The van der Waals surface area contributed by atoms with Crippen molar-refractivity contribution in [3.8, 4) is 0 Å². The number of fused-ring (bicyclic) bond motifs is 1. The van der Waals surface area contributed by atoms with Gasteiger partial charge in [-0.2, -0.15) is 0 Å². The van der Waals surface area contributed by atoms with Gasteiger partial charge in [0.05, 0.1) is 11.0 Å². The minimum atomic E-state index is -0.627. The van der Waals surface area contributed by atoms with E-state index in [0.717, 1.165) is 23.9 Å². The molecule has 2 atom stereocenters. The Morgan fingerprint density at radius 1 is 1.25 bits per heavy atom.